The van der Waals surface area contributed by atoms with Gasteiger partial charge in [0.2, 0.25) is 0 Å². The first-order valence-electron chi connectivity index (χ1n) is 3.88. The van der Waals surface area contributed by atoms with Crippen molar-refractivity contribution in [2.75, 3.05) is 0 Å². The lowest BCUT2D eigenvalue weighted by Crippen LogP contribution is -1.97. The maximum atomic E-state index is 5.83. The van der Waals surface area contributed by atoms with E-state index in [2.05, 4.69) is 9.82 Å². The second kappa shape index (κ2) is 3.38. The van der Waals surface area contributed by atoms with Crippen LogP contribution in [0.5, 0.6) is 0 Å². The molecule has 1 heterocycles. The predicted octanol–water partition coefficient (Wildman–Crippen LogP) is 2.21. The number of hydrogen-bond acceptors (Lipinski definition) is 2. The van der Waals surface area contributed by atoms with Crippen molar-refractivity contribution in [2.24, 2.45) is 5.90 Å². The molecule has 2 rings (SSSR count). The zero-order valence-electron chi connectivity index (χ0n) is 6.88. The molecule has 0 aliphatic carbocycles. The van der Waals surface area contributed by atoms with Gasteiger partial charge in [-0.25, -0.2) is 5.90 Å². The van der Waals surface area contributed by atoms with Crippen LogP contribution in [0.2, 0.25) is 5.02 Å². The van der Waals surface area contributed by atoms with Crippen LogP contribution in [0, 0.1) is 0 Å². The van der Waals surface area contributed by atoms with E-state index < -0.39 is 0 Å². The predicted molar refractivity (Wildman–Crippen MR) is 52.3 cm³/mol. The minimum Gasteiger partial charge on any atom is -0.361 e. The SMILES string of the molecule is NOCc1c[nH]c2cc(Cl)ccc12. The topological polar surface area (TPSA) is 51.0 Å². The second-order valence-corrected chi connectivity index (χ2v) is 3.25. The van der Waals surface area contributed by atoms with Gasteiger partial charge in [-0.2, -0.15) is 0 Å². The molecule has 0 radical (unpaired) electrons. The minimum atomic E-state index is 0.404. The summed E-state index contributed by atoms with van der Waals surface area (Å²) in [6, 6.07) is 5.66. The summed E-state index contributed by atoms with van der Waals surface area (Å²) in [5.74, 6) is 5.00. The van der Waals surface area contributed by atoms with Crippen molar-refractivity contribution in [3.05, 3.63) is 35.0 Å². The molecule has 0 saturated carbocycles. The lowest BCUT2D eigenvalue weighted by molar-refractivity contribution is 0.125. The molecular formula is C9H9ClN2O. The van der Waals surface area contributed by atoms with Crippen molar-refractivity contribution in [3.63, 3.8) is 0 Å². The zero-order valence-corrected chi connectivity index (χ0v) is 7.64. The van der Waals surface area contributed by atoms with Gasteiger partial charge in [0, 0.05) is 27.7 Å². The van der Waals surface area contributed by atoms with Crippen LogP contribution in [0.1, 0.15) is 5.56 Å². The molecule has 2 aromatic rings. The molecular weight excluding hydrogens is 188 g/mol. The van der Waals surface area contributed by atoms with Crippen molar-refractivity contribution in [2.45, 2.75) is 6.61 Å². The number of H-pyrrole nitrogens is 1. The number of rotatable bonds is 2. The van der Waals surface area contributed by atoms with Gasteiger partial charge in [-0.05, 0) is 12.1 Å². The molecule has 0 aliphatic rings. The van der Waals surface area contributed by atoms with Gasteiger partial charge in [0.15, 0.2) is 0 Å². The molecule has 0 amide bonds. The van der Waals surface area contributed by atoms with Crippen molar-refractivity contribution in [1.82, 2.24) is 4.98 Å². The molecule has 0 aliphatic heterocycles. The average molecular weight is 197 g/mol. The Balaban J connectivity index is 2.55. The summed E-state index contributed by atoms with van der Waals surface area (Å²) in [6.45, 7) is 0.404. The van der Waals surface area contributed by atoms with Gasteiger partial charge >= 0.3 is 0 Å². The van der Waals surface area contributed by atoms with Gasteiger partial charge in [0.05, 0.1) is 6.61 Å². The van der Waals surface area contributed by atoms with E-state index in [1.807, 2.05) is 24.4 Å². The fraction of sp³-hybridized carbons (Fsp3) is 0.111. The Kier molecular flexibility index (Phi) is 2.22. The van der Waals surface area contributed by atoms with E-state index in [4.69, 9.17) is 17.5 Å². The number of halogens is 1. The molecule has 1 aromatic heterocycles. The van der Waals surface area contributed by atoms with Crippen LogP contribution in [-0.2, 0) is 11.4 Å². The lowest BCUT2D eigenvalue weighted by atomic mass is 10.2. The van der Waals surface area contributed by atoms with E-state index in [1.165, 1.54) is 0 Å². The third-order valence-electron chi connectivity index (χ3n) is 1.97. The van der Waals surface area contributed by atoms with Crippen molar-refractivity contribution < 1.29 is 4.84 Å². The normalized spacial score (nSPS) is 10.9. The second-order valence-electron chi connectivity index (χ2n) is 2.81. The summed E-state index contributed by atoms with van der Waals surface area (Å²) in [5.41, 5.74) is 2.04. The Labute approximate surface area is 80.4 Å². The van der Waals surface area contributed by atoms with E-state index in [9.17, 15) is 0 Å². The molecule has 0 spiro atoms. The molecule has 0 atom stereocenters. The van der Waals surface area contributed by atoms with Crippen LogP contribution < -0.4 is 5.90 Å². The third-order valence-corrected chi connectivity index (χ3v) is 2.20. The first-order valence-corrected chi connectivity index (χ1v) is 4.26. The summed E-state index contributed by atoms with van der Waals surface area (Å²) in [6.07, 6.45) is 1.87. The van der Waals surface area contributed by atoms with Crippen LogP contribution in [0.4, 0.5) is 0 Å². The Morgan fingerprint density at radius 2 is 2.31 bits per heavy atom. The number of aromatic amines is 1. The summed E-state index contributed by atoms with van der Waals surface area (Å²) in [5, 5.41) is 1.81. The summed E-state index contributed by atoms with van der Waals surface area (Å²) in [4.78, 5) is 7.67. The highest BCUT2D eigenvalue weighted by Gasteiger charge is 2.02. The van der Waals surface area contributed by atoms with Gasteiger partial charge in [-0.3, -0.25) is 4.84 Å². The van der Waals surface area contributed by atoms with Crippen molar-refractivity contribution in [3.8, 4) is 0 Å². The standard InChI is InChI=1S/C9H9ClN2O/c10-7-1-2-8-6(5-13-11)4-12-9(8)3-7/h1-4,12H,5,11H2. The van der Waals surface area contributed by atoms with Crippen LogP contribution in [0.15, 0.2) is 24.4 Å². The first-order chi connectivity index (χ1) is 6.31. The monoisotopic (exact) mass is 196 g/mol. The molecule has 0 fully saturated rings. The average Bonchev–Trinajstić information content (AvgIpc) is 2.49. The van der Waals surface area contributed by atoms with E-state index in [-0.39, 0.29) is 0 Å². The minimum absolute atomic E-state index is 0.404. The fourth-order valence-electron chi connectivity index (χ4n) is 1.37. The maximum absolute atomic E-state index is 5.83. The number of hydrogen-bond donors (Lipinski definition) is 2. The highest BCUT2D eigenvalue weighted by atomic mass is 35.5. The Bertz CT molecular complexity index is 424. The molecule has 13 heavy (non-hydrogen) atoms. The van der Waals surface area contributed by atoms with Crippen molar-refractivity contribution in [1.29, 1.82) is 0 Å². The van der Waals surface area contributed by atoms with Crippen molar-refractivity contribution >= 4 is 22.5 Å². The number of nitrogens with two attached hydrogens (primary N) is 1. The molecule has 1 aromatic carbocycles. The van der Waals surface area contributed by atoms with E-state index in [0.717, 1.165) is 21.5 Å². The molecule has 0 saturated heterocycles. The van der Waals surface area contributed by atoms with E-state index in [0.29, 0.717) is 6.61 Å². The number of nitrogens with one attached hydrogen (secondary N) is 1. The van der Waals surface area contributed by atoms with Gasteiger partial charge < -0.3 is 4.98 Å². The Morgan fingerprint density at radius 1 is 1.46 bits per heavy atom. The molecule has 4 heteroatoms. The molecule has 3 N–H and O–H groups in total. The highest BCUT2D eigenvalue weighted by Crippen LogP contribution is 2.22. The van der Waals surface area contributed by atoms with Crippen LogP contribution in [-0.4, -0.2) is 4.98 Å². The van der Waals surface area contributed by atoms with Gasteiger partial charge in [0.25, 0.3) is 0 Å². The largest absolute Gasteiger partial charge is 0.361 e. The van der Waals surface area contributed by atoms with Crippen LogP contribution >= 0.6 is 11.6 Å². The van der Waals surface area contributed by atoms with Gasteiger partial charge in [0.1, 0.15) is 0 Å². The number of fused-ring (bicyclic) bond motifs is 1. The Hall–Kier alpha value is -1.03. The van der Waals surface area contributed by atoms with Gasteiger partial charge in [-0.1, -0.05) is 17.7 Å². The number of aromatic nitrogens is 1. The molecule has 0 unspecified atom stereocenters. The quantitative estimate of drug-likeness (QED) is 0.724. The maximum Gasteiger partial charge on any atom is 0.0950 e. The summed E-state index contributed by atoms with van der Waals surface area (Å²) in [7, 11) is 0. The molecule has 0 bridgehead atoms. The molecule has 3 nitrogen and oxygen atoms in total. The van der Waals surface area contributed by atoms with Crippen LogP contribution in [0.3, 0.4) is 0 Å². The third kappa shape index (κ3) is 1.54. The summed E-state index contributed by atoms with van der Waals surface area (Å²) < 4.78 is 0. The lowest BCUT2D eigenvalue weighted by Gasteiger charge is -1.95. The molecule has 68 valence electrons. The Morgan fingerprint density at radius 3 is 3.08 bits per heavy atom. The smallest absolute Gasteiger partial charge is 0.0950 e. The summed E-state index contributed by atoms with van der Waals surface area (Å²) >= 11 is 5.83. The van der Waals surface area contributed by atoms with Crippen LogP contribution in [0.25, 0.3) is 10.9 Å². The highest BCUT2D eigenvalue weighted by molar-refractivity contribution is 6.31. The van der Waals surface area contributed by atoms with E-state index in [1.54, 1.807) is 0 Å². The number of benzene rings is 1. The fourth-order valence-corrected chi connectivity index (χ4v) is 1.54. The zero-order chi connectivity index (χ0) is 9.26. The van der Waals surface area contributed by atoms with E-state index >= 15 is 0 Å². The first kappa shape index (κ1) is 8.56. The van der Waals surface area contributed by atoms with Gasteiger partial charge in [-0.15, -0.1) is 0 Å².